The molecule has 1 N–H and O–H groups in total. The van der Waals surface area contributed by atoms with E-state index in [1.54, 1.807) is 16.8 Å². The second-order valence-corrected chi connectivity index (χ2v) is 7.12. The molecule has 7 nitrogen and oxygen atoms in total. The number of carbonyl (C=O) groups is 1. The lowest BCUT2D eigenvalue weighted by molar-refractivity contribution is 0.101. The largest absolute Gasteiger partial charge is 0.283 e. The molecule has 0 spiro atoms. The van der Waals surface area contributed by atoms with Gasteiger partial charge in [0.25, 0.3) is 11.5 Å². The molecule has 7 heteroatoms. The average molecular weight is 339 g/mol. The molecule has 0 atom stereocenters. The average Bonchev–Trinajstić information content (AvgIpc) is 2.97. The Balaban J connectivity index is 1.97. The van der Waals surface area contributed by atoms with E-state index >= 15 is 0 Å². The summed E-state index contributed by atoms with van der Waals surface area (Å²) in [5.41, 5.74) is 5.02. The van der Waals surface area contributed by atoms with Crippen LogP contribution < -0.4 is 11.0 Å². The van der Waals surface area contributed by atoms with Crippen molar-refractivity contribution in [1.29, 1.82) is 0 Å². The molecule has 25 heavy (non-hydrogen) atoms. The molecule has 3 aromatic rings. The van der Waals surface area contributed by atoms with Crippen molar-refractivity contribution in [1.82, 2.24) is 19.4 Å². The molecule has 1 amide bonds. The maximum atomic E-state index is 12.6. The van der Waals surface area contributed by atoms with Gasteiger partial charge in [-0.3, -0.25) is 15.0 Å². The monoisotopic (exact) mass is 339 g/mol. The van der Waals surface area contributed by atoms with Gasteiger partial charge in [0.15, 0.2) is 5.65 Å². The number of carbonyl (C=O) groups excluding carboxylic acids is 1. The van der Waals surface area contributed by atoms with Gasteiger partial charge in [-0.15, -0.1) is 0 Å². The maximum Gasteiger partial charge on any atom is 0.283 e. The Labute approximate surface area is 145 Å². The Hall–Kier alpha value is -2.96. The highest BCUT2D eigenvalue weighted by molar-refractivity contribution is 6.00. The standard InChI is InChI=1S/C18H21N5O2/c1-11-6-7-13(8-12(11)2)16(24)21-22-10-19-15-14(17(22)25)9-20-23(15)18(3,4)5/h6-10H,1-5H3,(H,21,24). The van der Waals surface area contributed by atoms with Gasteiger partial charge in [-0.25, -0.2) is 14.3 Å². The lowest BCUT2D eigenvalue weighted by atomic mass is 10.1. The van der Waals surface area contributed by atoms with E-state index in [0.29, 0.717) is 16.6 Å². The molecular weight excluding hydrogens is 318 g/mol. The molecular formula is C18H21N5O2. The molecule has 0 saturated heterocycles. The minimum atomic E-state index is -0.366. The Morgan fingerprint density at radius 1 is 1.16 bits per heavy atom. The van der Waals surface area contributed by atoms with Gasteiger partial charge in [-0.2, -0.15) is 5.10 Å². The highest BCUT2D eigenvalue weighted by Crippen LogP contribution is 2.17. The first-order valence-electron chi connectivity index (χ1n) is 8.03. The number of amides is 1. The molecule has 0 radical (unpaired) electrons. The third-order valence-electron chi connectivity index (χ3n) is 4.12. The van der Waals surface area contributed by atoms with Gasteiger partial charge in [0, 0.05) is 5.56 Å². The smallest absolute Gasteiger partial charge is 0.267 e. The third-order valence-corrected chi connectivity index (χ3v) is 4.12. The van der Waals surface area contributed by atoms with Crippen LogP contribution in [-0.2, 0) is 5.54 Å². The van der Waals surface area contributed by atoms with E-state index in [1.165, 1.54) is 12.5 Å². The molecule has 1 aromatic carbocycles. The second-order valence-electron chi connectivity index (χ2n) is 7.12. The Morgan fingerprint density at radius 3 is 2.52 bits per heavy atom. The number of hydrogen-bond acceptors (Lipinski definition) is 4. The zero-order chi connectivity index (χ0) is 18.4. The number of benzene rings is 1. The zero-order valence-electron chi connectivity index (χ0n) is 15.0. The molecule has 3 rings (SSSR count). The first kappa shape index (κ1) is 16.9. The van der Waals surface area contributed by atoms with Gasteiger partial charge < -0.3 is 0 Å². The van der Waals surface area contributed by atoms with Crippen LogP contribution in [0.3, 0.4) is 0 Å². The van der Waals surface area contributed by atoms with E-state index in [2.05, 4.69) is 15.5 Å². The zero-order valence-corrected chi connectivity index (χ0v) is 15.0. The number of hydrogen-bond donors (Lipinski definition) is 1. The van der Waals surface area contributed by atoms with Gasteiger partial charge in [-0.05, 0) is 57.9 Å². The molecule has 2 heterocycles. The van der Waals surface area contributed by atoms with E-state index in [4.69, 9.17) is 0 Å². The predicted octanol–water partition coefficient (Wildman–Crippen LogP) is 2.35. The number of rotatable bonds is 2. The SMILES string of the molecule is Cc1ccc(C(=O)Nn2cnc3c(cnn3C(C)(C)C)c2=O)cc1C. The molecule has 0 aliphatic carbocycles. The van der Waals surface area contributed by atoms with Gasteiger partial charge in [0.2, 0.25) is 0 Å². The molecule has 2 aromatic heterocycles. The number of aryl methyl sites for hydroxylation is 2. The van der Waals surface area contributed by atoms with E-state index in [1.807, 2.05) is 40.7 Å². The molecule has 0 saturated carbocycles. The Kier molecular flexibility index (Phi) is 3.94. The van der Waals surface area contributed by atoms with E-state index in [0.717, 1.165) is 15.8 Å². The summed E-state index contributed by atoms with van der Waals surface area (Å²) in [6.07, 6.45) is 2.79. The molecule has 0 unspecified atom stereocenters. The van der Waals surface area contributed by atoms with Crippen LogP contribution in [0.25, 0.3) is 11.0 Å². The topological polar surface area (TPSA) is 81.8 Å². The summed E-state index contributed by atoms with van der Waals surface area (Å²) in [7, 11) is 0. The highest BCUT2D eigenvalue weighted by atomic mass is 16.2. The van der Waals surface area contributed by atoms with Crippen molar-refractivity contribution in [2.24, 2.45) is 0 Å². The highest BCUT2D eigenvalue weighted by Gasteiger charge is 2.20. The van der Waals surface area contributed by atoms with Crippen LogP contribution in [0.1, 0.15) is 42.3 Å². The van der Waals surface area contributed by atoms with Crippen molar-refractivity contribution >= 4 is 16.9 Å². The van der Waals surface area contributed by atoms with Crippen molar-refractivity contribution in [2.45, 2.75) is 40.2 Å². The van der Waals surface area contributed by atoms with E-state index in [9.17, 15) is 9.59 Å². The predicted molar refractivity (Wildman–Crippen MR) is 96.4 cm³/mol. The van der Waals surface area contributed by atoms with Gasteiger partial charge >= 0.3 is 0 Å². The summed E-state index contributed by atoms with van der Waals surface area (Å²) in [6.45, 7) is 9.86. The number of nitrogens with zero attached hydrogens (tertiary/aromatic N) is 4. The maximum absolute atomic E-state index is 12.6. The number of aromatic nitrogens is 4. The second kappa shape index (κ2) is 5.84. The summed E-state index contributed by atoms with van der Waals surface area (Å²) in [5, 5.41) is 4.61. The molecule has 0 aliphatic heterocycles. The first-order valence-corrected chi connectivity index (χ1v) is 8.03. The van der Waals surface area contributed by atoms with Gasteiger partial charge in [-0.1, -0.05) is 6.07 Å². The van der Waals surface area contributed by atoms with Crippen LogP contribution in [0, 0.1) is 13.8 Å². The van der Waals surface area contributed by atoms with Crippen molar-refractivity contribution in [3.8, 4) is 0 Å². The quantitative estimate of drug-likeness (QED) is 0.777. The van der Waals surface area contributed by atoms with Crippen molar-refractivity contribution in [3.63, 3.8) is 0 Å². The fourth-order valence-corrected chi connectivity index (χ4v) is 2.54. The lowest BCUT2D eigenvalue weighted by Gasteiger charge is -2.19. The molecule has 0 aliphatic rings. The van der Waals surface area contributed by atoms with E-state index in [-0.39, 0.29) is 17.0 Å². The first-order chi connectivity index (χ1) is 11.7. The molecule has 130 valence electrons. The Morgan fingerprint density at radius 2 is 1.88 bits per heavy atom. The minimum absolute atomic E-state index is 0.296. The summed E-state index contributed by atoms with van der Waals surface area (Å²) in [6, 6.07) is 5.40. The summed E-state index contributed by atoms with van der Waals surface area (Å²) in [4.78, 5) is 29.3. The third kappa shape index (κ3) is 3.05. The fourth-order valence-electron chi connectivity index (χ4n) is 2.54. The molecule has 0 fully saturated rings. The Bertz CT molecular complexity index is 1020. The minimum Gasteiger partial charge on any atom is -0.267 e. The summed E-state index contributed by atoms with van der Waals surface area (Å²) < 4.78 is 2.79. The summed E-state index contributed by atoms with van der Waals surface area (Å²) >= 11 is 0. The van der Waals surface area contributed by atoms with Gasteiger partial charge in [0.05, 0.1) is 11.7 Å². The number of nitrogens with one attached hydrogen (secondary N) is 1. The normalized spacial score (nSPS) is 11.7. The summed E-state index contributed by atoms with van der Waals surface area (Å²) in [5.74, 6) is -0.366. The molecule has 0 bridgehead atoms. The fraction of sp³-hybridized carbons (Fsp3) is 0.333. The van der Waals surface area contributed by atoms with Crippen molar-refractivity contribution in [2.75, 3.05) is 5.43 Å². The van der Waals surface area contributed by atoms with Crippen LogP contribution in [0.15, 0.2) is 35.5 Å². The van der Waals surface area contributed by atoms with Crippen LogP contribution in [0.4, 0.5) is 0 Å². The van der Waals surface area contributed by atoms with Crippen LogP contribution in [0.2, 0.25) is 0 Å². The van der Waals surface area contributed by atoms with Crippen LogP contribution >= 0.6 is 0 Å². The van der Waals surface area contributed by atoms with E-state index < -0.39 is 0 Å². The van der Waals surface area contributed by atoms with Crippen LogP contribution in [0.5, 0.6) is 0 Å². The van der Waals surface area contributed by atoms with Crippen LogP contribution in [-0.4, -0.2) is 25.3 Å². The van der Waals surface area contributed by atoms with Gasteiger partial charge in [0.1, 0.15) is 11.7 Å². The van der Waals surface area contributed by atoms with Crippen molar-refractivity contribution in [3.05, 3.63) is 57.8 Å². The lowest BCUT2D eigenvalue weighted by Crippen LogP contribution is -2.33. The van der Waals surface area contributed by atoms with Crippen molar-refractivity contribution < 1.29 is 4.79 Å². The number of fused-ring (bicyclic) bond motifs is 1.